The number of carbonyl (C=O) groups is 1. The number of rotatable bonds is 4. The van der Waals surface area contributed by atoms with Gasteiger partial charge in [0, 0.05) is 24.0 Å². The van der Waals surface area contributed by atoms with Crippen molar-refractivity contribution in [2.75, 3.05) is 19.7 Å². The quantitative estimate of drug-likeness (QED) is 0.826. The molecule has 1 aromatic carbocycles. The number of thiazole rings is 1. The molecule has 2 aliphatic rings. The van der Waals surface area contributed by atoms with Crippen LogP contribution in [0.1, 0.15) is 39.5 Å². The molecular formula is C20H24N2O3S. The van der Waals surface area contributed by atoms with Crippen LogP contribution in [0, 0.1) is 13.8 Å². The van der Waals surface area contributed by atoms with E-state index in [2.05, 4.69) is 10.4 Å². The van der Waals surface area contributed by atoms with Gasteiger partial charge in [0.1, 0.15) is 5.60 Å². The number of likely N-dealkylation sites (tertiary alicyclic amines) is 1. The molecule has 2 aromatic rings. The van der Waals surface area contributed by atoms with Crippen LogP contribution in [0.2, 0.25) is 0 Å². The van der Waals surface area contributed by atoms with Crippen LogP contribution in [0.5, 0.6) is 0 Å². The summed E-state index contributed by atoms with van der Waals surface area (Å²) in [5.41, 5.74) is 2.67. The molecule has 1 aromatic heterocycles. The van der Waals surface area contributed by atoms with Crippen LogP contribution in [-0.2, 0) is 16.1 Å². The number of hydrogen-bond donors (Lipinski definition) is 0. The number of benzene rings is 1. The number of ether oxygens (including phenoxy) is 2. The average Bonchev–Trinajstić information content (AvgIpc) is 3.03. The Kier molecular flexibility index (Phi) is 4.82. The summed E-state index contributed by atoms with van der Waals surface area (Å²) < 4.78 is 12.1. The molecule has 2 aliphatic heterocycles. The van der Waals surface area contributed by atoms with Gasteiger partial charge in [-0.1, -0.05) is 17.7 Å². The van der Waals surface area contributed by atoms with Crippen molar-refractivity contribution < 1.29 is 14.3 Å². The van der Waals surface area contributed by atoms with Crippen LogP contribution in [0.15, 0.2) is 29.6 Å². The first-order valence-corrected chi connectivity index (χ1v) is 9.93. The van der Waals surface area contributed by atoms with Crippen LogP contribution in [-0.4, -0.2) is 47.2 Å². The lowest BCUT2D eigenvalue weighted by molar-refractivity contribution is -0.188. The summed E-state index contributed by atoms with van der Waals surface area (Å²) in [5, 5.41) is 3.12. The van der Waals surface area contributed by atoms with E-state index in [0.717, 1.165) is 34.7 Å². The van der Waals surface area contributed by atoms with Crippen molar-refractivity contribution in [3.63, 3.8) is 0 Å². The number of hydrogen-bond acceptors (Lipinski definition) is 5. The first-order chi connectivity index (χ1) is 12.5. The van der Waals surface area contributed by atoms with Crippen molar-refractivity contribution in [2.24, 2.45) is 0 Å². The molecule has 0 saturated carbocycles. The lowest BCUT2D eigenvalue weighted by Gasteiger charge is -2.53. The van der Waals surface area contributed by atoms with Gasteiger partial charge in [-0.2, -0.15) is 0 Å². The van der Waals surface area contributed by atoms with E-state index in [9.17, 15) is 4.79 Å². The Hall–Kier alpha value is -1.76. The Balaban J connectivity index is 1.31. The monoisotopic (exact) mass is 372 g/mol. The van der Waals surface area contributed by atoms with E-state index >= 15 is 0 Å². The number of aromatic nitrogens is 1. The van der Waals surface area contributed by atoms with Crippen molar-refractivity contribution in [1.29, 1.82) is 0 Å². The highest BCUT2D eigenvalue weighted by molar-refractivity contribution is 7.09. The van der Waals surface area contributed by atoms with E-state index in [1.807, 2.05) is 43.0 Å². The SMILES string of the molecule is Cc1ccc(C(=O)N2CC3(C[C@H](OCc4csc(C)n4)CCO3)C2)cc1. The average molecular weight is 372 g/mol. The third kappa shape index (κ3) is 3.68. The van der Waals surface area contributed by atoms with Gasteiger partial charge in [0.05, 0.1) is 36.5 Å². The fourth-order valence-corrected chi connectivity index (χ4v) is 4.29. The second-order valence-electron chi connectivity index (χ2n) is 7.34. The molecule has 1 atom stereocenters. The molecule has 3 heterocycles. The molecule has 0 unspecified atom stereocenters. The van der Waals surface area contributed by atoms with Crippen molar-refractivity contribution in [3.8, 4) is 0 Å². The Morgan fingerprint density at radius 1 is 1.35 bits per heavy atom. The maximum atomic E-state index is 12.6. The van der Waals surface area contributed by atoms with E-state index in [1.54, 1.807) is 11.3 Å². The Morgan fingerprint density at radius 2 is 2.12 bits per heavy atom. The Morgan fingerprint density at radius 3 is 2.81 bits per heavy atom. The number of carbonyl (C=O) groups excluding carboxylic acids is 1. The zero-order chi connectivity index (χ0) is 18.1. The molecule has 5 nitrogen and oxygen atoms in total. The van der Waals surface area contributed by atoms with Gasteiger partial charge in [-0.05, 0) is 32.4 Å². The first kappa shape index (κ1) is 17.6. The van der Waals surface area contributed by atoms with Crippen molar-refractivity contribution in [3.05, 3.63) is 51.5 Å². The molecule has 2 fully saturated rings. The standard InChI is InChI=1S/C20H24N2O3S/c1-14-3-5-16(6-4-14)19(23)22-12-20(13-22)9-18(7-8-25-20)24-10-17-11-26-15(2)21-17/h3-6,11,18H,7-10,12-13H2,1-2H3/t18-/m1/s1. The van der Waals surface area contributed by atoms with Gasteiger partial charge in [0.25, 0.3) is 5.91 Å². The van der Waals surface area contributed by atoms with Crippen molar-refractivity contribution >= 4 is 17.2 Å². The van der Waals surface area contributed by atoms with E-state index in [4.69, 9.17) is 9.47 Å². The molecule has 1 amide bonds. The molecule has 0 bridgehead atoms. The summed E-state index contributed by atoms with van der Waals surface area (Å²) in [6, 6.07) is 7.74. The highest BCUT2D eigenvalue weighted by atomic mass is 32.1. The van der Waals surface area contributed by atoms with Crippen LogP contribution in [0.3, 0.4) is 0 Å². The third-order valence-electron chi connectivity index (χ3n) is 5.13. The number of aryl methyl sites for hydroxylation is 2. The smallest absolute Gasteiger partial charge is 0.254 e. The predicted octanol–water partition coefficient (Wildman–Crippen LogP) is 3.35. The molecule has 26 heavy (non-hydrogen) atoms. The molecule has 138 valence electrons. The van der Waals surface area contributed by atoms with E-state index in [1.165, 1.54) is 0 Å². The second kappa shape index (κ2) is 7.10. The minimum Gasteiger partial charge on any atom is -0.372 e. The molecule has 4 rings (SSSR count). The van der Waals surface area contributed by atoms with E-state index in [0.29, 0.717) is 26.3 Å². The van der Waals surface area contributed by atoms with Gasteiger partial charge in [0.2, 0.25) is 0 Å². The molecule has 0 N–H and O–H groups in total. The molecule has 2 saturated heterocycles. The summed E-state index contributed by atoms with van der Waals surface area (Å²) in [6.45, 7) is 6.57. The molecule has 0 radical (unpaired) electrons. The van der Waals surface area contributed by atoms with Gasteiger partial charge in [-0.25, -0.2) is 4.98 Å². The van der Waals surface area contributed by atoms with Gasteiger partial charge in [-0.15, -0.1) is 11.3 Å². The predicted molar refractivity (Wildman–Crippen MR) is 100 cm³/mol. The van der Waals surface area contributed by atoms with Crippen LogP contribution >= 0.6 is 11.3 Å². The van der Waals surface area contributed by atoms with Crippen LogP contribution < -0.4 is 0 Å². The number of amides is 1. The number of nitrogens with zero attached hydrogens (tertiary/aromatic N) is 2. The highest BCUT2D eigenvalue weighted by Crippen LogP contribution is 2.36. The molecule has 1 spiro atoms. The maximum Gasteiger partial charge on any atom is 0.254 e. The lowest BCUT2D eigenvalue weighted by Crippen LogP contribution is -2.67. The minimum atomic E-state index is -0.235. The second-order valence-corrected chi connectivity index (χ2v) is 8.40. The van der Waals surface area contributed by atoms with E-state index < -0.39 is 0 Å². The van der Waals surface area contributed by atoms with Gasteiger partial charge in [0.15, 0.2) is 0 Å². The summed E-state index contributed by atoms with van der Waals surface area (Å²) in [7, 11) is 0. The molecule has 6 heteroatoms. The summed E-state index contributed by atoms with van der Waals surface area (Å²) in [4.78, 5) is 18.9. The van der Waals surface area contributed by atoms with Crippen LogP contribution in [0.25, 0.3) is 0 Å². The third-order valence-corrected chi connectivity index (χ3v) is 5.95. The zero-order valence-electron chi connectivity index (χ0n) is 15.2. The fourth-order valence-electron chi connectivity index (χ4n) is 3.69. The first-order valence-electron chi connectivity index (χ1n) is 9.06. The van der Waals surface area contributed by atoms with Gasteiger partial charge in [-0.3, -0.25) is 4.79 Å². The van der Waals surface area contributed by atoms with Gasteiger partial charge >= 0.3 is 0 Å². The topological polar surface area (TPSA) is 51.7 Å². The van der Waals surface area contributed by atoms with Gasteiger partial charge < -0.3 is 14.4 Å². The Labute approximate surface area is 157 Å². The summed E-state index contributed by atoms with van der Waals surface area (Å²) in [5.74, 6) is 0.0835. The molecule has 0 aliphatic carbocycles. The fraction of sp³-hybridized carbons (Fsp3) is 0.500. The largest absolute Gasteiger partial charge is 0.372 e. The Bertz CT molecular complexity index is 781. The normalized spacial score (nSPS) is 21.6. The molecular weight excluding hydrogens is 348 g/mol. The van der Waals surface area contributed by atoms with Crippen molar-refractivity contribution in [1.82, 2.24) is 9.88 Å². The summed E-state index contributed by atoms with van der Waals surface area (Å²) in [6.07, 6.45) is 1.91. The highest BCUT2D eigenvalue weighted by Gasteiger charge is 2.49. The van der Waals surface area contributed by atoms with Crippen LogP contribution in [0.4, 0.5) is 0 Å². The summed E-state index contributed by atoms with van der Waals surface area (Å²) >= 11 is 1.65. The zero-order valence-corrected chi connectivity index (χ0v) is 16.1. The lowest BCUT2D eigenvalue weighted by atomic mass is 9.84. The minimum absolute atomic E-state index is 0.0835. The van der Waals surface area contributed by atoms with Crippen molar-refractivity contribution in [2.45, 2.75) is 45.0 Å². The van der Waals surface area contributed by atoms with E-state index in [-0.39, 0.29) is 17.6 Å². The maximum absolute atomic E-state index is 12.6.